The summed E-state index contributed by atoms with van der Waals surface area (Å²) < 4.78 is 5.25. The van der Waals surface area contributed by atoms with E-state index in [4.69, 9.17) is 4.74 Å². The molecule has 0 aliphatic carbocycles. The predicted octanol–water partition coefficient (Wildman–Crippen LogP) is 4.51. The number of methoxy groups -OCH3 is 1. The summed E-state index contributed by atoms with van der Waals surface area (Å²) in [4.78, 5) is 8.99. The number of aromatic nitrogens is 2. The first-order valence-corrected chi connectivity index (χ1v) is 8.34. The van der Waals surface area contributed by atoms with Gasteiger partial charge in [-0.15, -0.1) is 23.1 Å². The van der Waals surface area contributed by atoms with Crippen LogP contribution in [-0.2, 0) is 5.75 Å². The van der Waals surface area contributed by atoms with Gasteiger partial charge in [0.15, 0.2) is 0 Å². The van der Waals surface area contributed by atoms with Crippen LogP contribution in [0.1, 0.15) is 5.69 Å². The lowest BCUT2D eigenvalue weighted by atomic mass is 10.2. The van der Waals surface area contributed by atoms with Crippen molar-refractivity contribution in [3.05, 3.63) is 59.7 Å². The Kier molecular flexibility index (Phi) is 4.52. The van der Waals surface area contributed by atoms with Gasteiger partial charge >= 0.3 is 0 Å². The van der Waals surface area contributed by atoms with Gasteiger partial charge in [0.25, 0.3) is 0 Å². The SMILES string of the molecule is COc1cccc(-c2nc(CSc3ccccn3)cs2)c1. The van der Waals surface area contributed by atoms with Gasteiger partial charge in [-0.25, -0.2) is 9.97 Å². The zero-order valence-corrected chi connectivity index (χ0v) is 13.2. The van der Waals surface area contributed by atoms with Crippen molar-refractivity contribution in [1.29, 1.82) is 0 Å². The van der Waals surface area contributed by atoms with Crippen LogP contribution in [-0.4, -0.2) is 17.1 Å². The molecule has 0 spiro atoms. The van der Waals surface area contributed by atoms with E-state index in [0.29, 0.717) is 0 Å². The van der Waals surface area contributed by atoms with E-state index in [1.165, 1.54) is 0 Å². The third kappa shape index (κ3) is 3.62. The number of nitrogens with zero attached hydrogens (tertiary/aromatic N) is 2. The molecule has 0 aliphatic heterocycles. The Hall–Kier alpha value is -1.85. The highest BCUT2D eigenvalue weighted by molar-refractivity contribution is 7.98. The van der Waals surface area contributed by atoms with Crippen LogP contribution >= 0.6 is 23.1 Å². The topological polar surface area (TPSA) is 35.0 Å². The lowest BCUT2D eigenvalue weighted by molar-refractivity contribution is 0.415. The standard InChI is InChI=1S/C16H14N2OS2/c1-19-14-6-4-5-12(9-14)16-18-13(11-21-16)10-20-15-7-2-3-8-17-15/h2-9,11H,10H2,1H3. The molecule has 0 fully saturated rings. The average Bonchev–Trinajstić information content (AvgIpc) is 3.03. The van der Waals surface area contributed by atoms with Gasteiger partial charge in [-0.05, 0) is 24.3 Å². The van der Waals surface area contributed by atoms with Gasteiger partial charge in [0.1, 0.15) is 10.8 Å². The Labute approximate surface area is 132 Å². The van der Waals surface area contributed by atoms with E-state index in [0.717, 1.165) is 32.8 Å². The normalized spacial score (nSPS) is 10.5. The van der Waals surface area contributed by atoms with Crippen molar-refractivity contribution in [2.45, 2.75) is 10.8 Å². The number of pyridine rings is 1. The summed E-state index contributed by atoms with van der Waals surface area (Å²) in [6.07, 6.45) is 1.81. The van der Waals surface area contributed by atoms with Crippen molar-refractivity contribution in [1.82, 2.24) is 9.97 Å². The van der Waals surface area contributed by atoms with E-state index in [2.05, 4.69) is 21.4 Å². The molecular formula is C16H14N2OS2. The molecule has 1 aromatic carbocycles. The first kappa shape index (κ1) is 14.1. The summed E-state index contributed by atoms with van der Waals surface area (Å²) in [7, 11) is 1.68. The molecule has 3 aromatic rings. The minimum atomic E-state index is 0.831. The van der Waals surface area contributed by atoms with Crippen LogP contribution in [0, 0.1) is 0 Å². The first-order valence-electron chi connectivity index (χ1n) is 6.48. The van der Waals surface area contributed by atoms with Crippen LogP contribution < -0.4 is 4.74 Å². The number of ether oxygens (including phenoxy) is 1. The van der Waals surface area contributed by atoms with Crippen molar-refractivity contribution in [2.24, 2.45) is 0 Å². The highest BCUT2D eigenvalue weighted by atomic mass is 32.2. The second-order valence-electron chi connectivity index (χ2n) is 4.33. The lowest BCUT2D eigenvalue weighted by Crippen LogP contribution is -1.85. The van der Waals surface area contributed by atoms with E-state index in [1.54, 1.807) is 30.2 Å². The molecule has 21 heavy (non-hydrogen) atoms. The maximum atomic E-state index is 5.25. The first-order chi connectivity index (χ1) is 10.3. The number of thioether (sulfide) groups is 1. The highest BCUT2D eigenvalue weighted by Crippen LogP contribution is 2.29. The van der Waals surface area contributed by atoms with Gasteiger partial charge in [0.05, 0.1) is 17.8 Å². The Balaban J connectivity index is 1.71. The number of rotatable bonds is 5. The summed E-state index contributed by atoms with van der Waals surface area (Å²) in [5.74, 6) is 1.68. The molecule has 0 saturated heterocycles. The summed E-state index contributed by atoms with van der Waals surface area (Å²) in [6.45, 7) is 0. The summed E-state index contributed by atoms with van der Waals surface area (Å²) in [5.41, 5.74) is 2.17. The van der Waals surface area contributed by atoms with Crippen LogP contribution in [0.4, 0.5) is 0 Å². The highest BCUT2D eigenvalue weighted by Gasteiger charge is 2.06. The maximum absolute atomic E-state index is 5.25. The Morgan fingerprint density at radius 3 is 2.95 bits per heavy atom. The number of thiazole rings is 1. The Morgan fingerprint density at radius 1 is 1.19 bits per heavy atom. The van der Waals surface area contributed by atoms with Crippen LogP contribution in [0.2, 0.25) is 0 Å². The molecule has 2 heterocycles. The van der Waals surface area contributed by atoms with Crippen molar-refractivity contribution in [3.8, 4) is 16.3 Å². The summed E-state index contributed by atoms with van der Waals surface area (Å²) >= 11 is 3.35. The smallest absolute Gasteiger partial charge is 0.123 e. The molecule has 0 atom stereocenters. The zero-order valence-electron chi connectivity index (χ0n) is 11.5. The van der Waals surface area contributed by atoms with E-state index < -0.39 is 0 Å². The number of hydrogen-bond acceptors (Lipinski definition) is 5. The molecule has 0 amide bonds. The van der Waals surface area contributed by atoms with E-state index in [1.807, 2.05) is 42.6 Å². The Morgan fingerprint density at radius 2 is 2.14 bits per heavy atom. The molecule has 2 aromatic heterocycles. The molecule has 106 valence electrons. The Bertz CT molecular complexity index is 713. The van der Waals surface area contributed by atoms with Crippen molar-refractivity contribution in [2.75, 3.05) is 7.11 Å². The van der Waals surface area contributed by atoms with Gasteiger partial charge in [-0.3, -0.25) is 0 Å². The third-order valence-corrected chi connectivity index (χ3v) is 4.79. The quantitative estimate of drug-likeness (QED) is 0.649. The molecule has 0 N–H and O–H groups in total. The summed E-state index contributed by atoms with van der Waals surface area (Å²) in [6, 6.07) is 13.9. The van der Waals surface area contributed by atoms with Gasteiger partial charge < -0.3 is 4.74 Å². The molecule has 3 rings (SSSR count). The summed E-state index contributed by atoms with van der Waals surface area (Å²) in [5, 5.41) is 4.14. The number of hydrogen-bond donors (Lipinski definition) is 0. The number of benzene rings is 1. The van der Waals surface area contributed by atoms with Crippen LogP contribution in [0.3, 0.4) is 0 Å². The third-order valence-electron chi connectivity index (χ3n) is 2.87. The second kappa shape index (κ2) is 6.74. The van der Waals surface area contributed by atoms with Crippen LogP contribution in [0.25, 0.3) is 10.6 Å². The molecule has 0 bridgehead atoms. The van der Waals surface area contributed by atoms with E-state index in [-0.39, 0.29) is 0 Å². The van der Waals surface area contributed by atoms with Crippen molar-refractivity contribution >= 4 is 23.1 Å². The lowest BCUT2D eigenvalue weighted by Gasteiger charge is -2.01. The largest absolute Gasteiger partial charge is 0.497 e. The maximum Gasteiger partial charge on any atom is 0.123 e. The van der Waals surface area contributed by atoms with Gasteiger partial charge in [0, 0.05) is 22.9 Å². The van der Waals surface area contributed by atoms with Gasteiger partial charge in [0.2, 0.25) is 0 Å². The molecule has 5 heteroatoms. The predicted molar refractivity (Wildman–Crippen MR) is 87.9 cm³/mol. The second-order valence-corrected chi connectivity index (χ2v) is 6.19. The average molecular weight is 314 g/mol. The zero-order chi connectivity index (χ0) is 14.5. The monoisotopic (exact) mass is 314 g/mol. The molecule has 0 aliphatic rings. The fraction of sp³-hybridized carbons (Fsp3) is 0.125. The molecule has 0 unspecified atom stereocenters. The molecular weight excluding hydrogens is 300 g/mol. The van der Waals surface area contributed by atoms with Crippen molar-refractivity contribution < 1.29 is 4.74 Å². The van der Waals surface area contributed by atoms with E-state index in [9.17, 15) is 0 Å². The fourth-order valence-corrected chi connectivity index (χ4v) is 3.52. The fourth-order valence-electron chi connectivity index (χ4n) is 1.84. The molecule has 3 nitrogen and oxygen atoms in total. The molecule has 0 saturated carbocycles. The van der Waals surface area contributed by atoms with Crippen LogP contribution in [0.5, 0.6) is 5.75 Å². The van der Waals surface area contributed by atoms with E-state index >= 15 is 0 Å². The van der Waals surface area contributed by atoms with Gasteiger partial charge in [-0.1, -0.05) is 18.2 Å². The van der Waals surface area contributed by atoms with Crippen molar-refractivity contribution in [3.63, 3.8) is 0 Å². The minimum Gasteiger partial charge on any atom is -0.497 e. The van der Waals surface area contributed by atoms with Gasteiger partial charge in [-0.2, -0.15) is 0 Å². The minimum absolute atomic E-state index is 0.831. The van der Waals surface area contributed by atoms with Crippen LogP contribution in [0.15, 0.2) is 59.1 Å². The molecule has 0 radical (unpaired) electrons.